The van der Waals surface area contributed by atoms with Crippen LogP contribution < -0.4 is 0 Å². The molecule has 0 bridgehead atoms. The van der Waals surface area contributed by atoms with E-state index in [-0.39, 0.29) is 0 Å². The predicted molar refractivity (Wildman–Crippen MR) is 71.7 cm³/mol. The summed E-state index contributed by atoms with van der Waals surface area (Å²) in [4.78, 5) is 0. The van der Waals surface area contributed by atoms with Crippen LogP contribution in [0.5, 0.6) is 0 Å². The van der Waals surface area contributed by atoms with Crippen molar-refractivity contribution in [1.29, 1.82) is 0 Å². The van der Waals surface area contributed by atoms with Crippen LogP contribution >= 0.6 is 0 Å². The molecular formula is C16H23. The molecule has 0 heterocycles. The van der Waals surface area contributed by atoms with Crippen molar-refractivity contribution in [3.05, 3.63) is 47.0 Å². The van der Waals surface area contributed by atoms with E-state index in [0.29, 0.717) is 0 Å². The summed E-state index contributed by atoms with van der Waals surface area (Å²) in [6.07, 6.45) is 7.79. The molecule has 0 aromatic heterocycles. The molecule has 0 saturated carbocycles. The van der Waals surface area contributed by atoms with Gasteiger partial charge in [0.25, 0.3) is 0 Å². The molecule has 0 aliphatic carbocycles. The van der Waals surface area contributed by atoms with Gasteiger partial charge in [0, 0.05) is 0 Å². The number of benzene rings is 1. The number of unbranched alkanes of at least 4 members (excludes halogenated alkanes) is 3. The lowest BCUT2D eigenvalue weighted by Gasteiger charge is -2.10. The molecule has 0 amide bonds. The Kier molecular flexibility index (Phi) is 5.31. The number of hydrogen-bond acceptors (Lipinski definition) is 0. The highest BCUT2D eigenvalue weighted by atomic mass is 14.1. The topological polar surface area (TPSA) is 0 Å². The molecule has 16 heavy (non-hydrogen) atoms. The minimum atomic E-state index is 1.05. The Morgan fingerprint density at radius 3 is 2.44 bits per heavy atom. The molecule has 0 heteroatoms. The molecule has 0 atom stereocenters. The third-order valence-corrected chi connectivity index (χ3v) is 3.49. The monoisotopic (exact) mass is 215 g/mol. The number of aryl methyl sites for hydroxylation is 2. The van der Waals surface area contributed by atoms with Crippen molar-refractivity contribution >= 4 is 0 Å². The number of allylic oxidation sites excluding steroid dienone is 1. The lowest BCUT2D eigenvalue weighted by atomic mass is 9.95. The molecule has 0 aliphatic rings. The van der Waals surface area contributed by atoms with E-state index in [0.717, 1.165) is 6.42 Å². The molecule has 1 radical (unpaired) electrons. The fourth-order valence-electron chi connectivity index (χ4n) is 2.04. The van der Waals surface area contributed by atoms with Crippen LogP contribution in [0.25, 0.3) is 0 Å². The van der Waals surface area contributed by atoms with Gasteiger partial charge in [-0.25, -0.2) is 0 Å². The van der Waals surface area contributed by atoms with Gasteiger partial charge in [-0.3, -0.25) is 0 Å². The summed E-state index contributed by atoms with van der Waals surface area (Å²) < 4.78 is 0. The molecule has 0 spiro atoms. The second kappa shape index (κ2) is 6.52. The molecule has 0 unspecified atom stereocenters. The molecule has 1 rings (SSSR count). The molecule has 87 valence electrons. The van der Waals surface area contributed by atoms with Crippen LogP contribution in [0, 0.1) is 27.4 Å². The summed E-state index contributed by atoms with van der Waals surface area (Å²) in [5, 5.41) is 0. The quantitative estimate of drug-likeness (QED) is 0.603. The Morgan fingerprint density at radius 2 is 1.75 bits per heavy atom. The minimum Gasteiger partial charge on any atom is -0.0845 e. The van der Waals surface area contributed by atoms with Gasteiger partial charge in [0.1, 0.15) is 0 Å². The van der Waals surface area contributed by atoms with Crippen molar-refractivity contribution in [3.8, 4) is 0 Å². The zero-order valence-corrected chi connectivity index (χ0v) is 10.8. The Morgan fingerprint density at radius 1 is 1.00 bits per heavy atom. The summed E-state index contributed by atoms with van der Waals surface area (Å²) in [5.74, 6) is 0. The van der Waals surface area contributed by atoms with E-state index in [1.807, 2.05) is 0 Å². The van der Waals surface area contributed by atoms with Gasteiger partial charge >= 0.3 is 0 Å². The maximum absolute atomic E-state index is 5.36. The molecule has 0 nitrogen and oxygen atoms in total. The molecule has 0 aliphatic heterocycles. The maximum Gasteiger partial charge on any atom is -0.0276 e. The smallest absolute Gasteiger partial charge is 0.0276 e. The van der Waals surface area contributed by atoms with Gasteiger partial charge in [0.05, 0.1) is 0 Å². The first-order valence-corrected chi connectivity index (χ1v) is 6.26. The van der Waals surface area contributed by atoms with Crippen molar-refractivity contribution in [1.82, 2.24) is 0 Å². The summed E-state index contributed by atoms with van der Waals surface area (Å²) in [5.41, 5.74) is 5.84. The average molecular weight is 215 g/mol. The van der Waals surface area contributed by atoms with Gasteiger partial charge in [-0.1, -0.05) is 31.2 Å². The largest absolute Gasteiger partial charge is 0.0845 e. The highest BCUT2D eigenvalue weighted by Crippen LogP contribution is 2.19. The van der Waals surface area contributed by atoms with Crippen molar-refractivity contribution < 1.29 is 0 Å². The van der Waals surface area contributed by atoms with Crippen molar-refractivity contribution in [2.75, 3.05) is 0 Å². The number of hydrogen-bond donors (Lipinski definition) is 0. The third kappa shape index (κ3) is 3.52. The molecule has 0 N–H and O–H groups in total. The van der Waals surface area contributed by atoms with E-state index in [9.17, 15) is 0 Å². The first kappa shape index (κ1) is 13.0. The van der Waals surface area contributed by atoms with E-state index >= 15 is 0 Å². The van der Waals surface area contributed by atoms with Crippen LogP contribution in [0.1, 0.15) is 47.9 Å². The van der Waals surface area contributed by atoms with E-state index < -0.39 is 0 Å². The Bertz CT molecular complexity index is 347. The zero-order chi connectivity index (χ0) is 12.0. The molecule has 0 fully saturated rings. The highest BCUT2D eigenvalue weighted by molar-refractivity contribution is 5.38. The fourth-order valence-corrected chi connectivity index (χ4v) is 2.04. The van der Waals surface area contributed by atoms with Gasteiger partial charge < -0.3 is 0 Å². The lowest BCUT2D eigenvalue weighted by Crippen LogP contribution is -1.95. The molecule has 1 aromatic rings. The second-order valence-corrected chi connectivity index (χ2v) is 4.63. The molecule has 1 aromatic carbocycles. The van der Waals surface area contributed by atoms with E-state index in [2.05, 4.69) is 32.9 Å². The van der Waals surface area contributed by atoms with Crippen LogP contribution in [-0.2, 0) is 6.42 Å². The molecular weight excluding hydrogens is 192 g/mol. The van der Waals surface area contributed by atoms with Crippen molar-refractivity contribution in [2.45, 2.75) is 52.9 Å². The van der Waals surface area contributed by atoms with Crippen LogP contribution in [-0.4, -0.2) is 0 Å². The van der Waals surface area contributed by atoms with E-state index in [4.69, 9.17) is 6.58 Å². The van der Waals surface area contributed by atoms with Crippen LogP contribution in [0.4, 0.5) is 0 Å². The van der Waals surface area contributed by atoms with Gasteiger partial charge in [-0.05, 0) is 68.7 Å². The highest BCUT2D eigenvalue weighted by Gasteiger charge is 2.03. The predicted octanol–water partition coefficient (Wildman–Crippen LogP) is 4.70. The number of rotatable bonds is 6. The Balaban J connectivity index is 2.48. The lowest BCUT2D eigenvalue weighted by molar-refractivity contribution is 0.685. The van der Waals surface area contributed by atoms with Crippen molar-refractivity contribution in [3.63, 3.8) is 0 Å². The van der Waals surface area contributed by atoms with Crippen LogP contribution in [0.2, 0.25) is 0 Å². The van der Waals surface area contributed by atoms with Crippen LogP contribution in [0.3, 0.4) is 0 Å². The third-order valence-electron chi connectivity index (χ3n) is 3.49. The summed E-state index contributed by atoms with van der Waals surface area (Å²) >= 11 is 0. The maximum atomic E-state index is 5.36. The van der Waals surface area contributed by atoms with E-state index in [1.165, 1.54) is 47.9 Å². The SMILES string of the molecule is [CH]=CCCCCCc1ccc(C)c(C)c1C. The van der Waals surface area contributed by atoms with Crippen molar-refractivity contribution in [2.24, 2.45) is 0 Å². The van der Waals surface area contributed by atoms with Gasteiger partial charge in [-0.15, -0.1) is 0 Å². The second-order valence-electron chi connectivity index (χ2n) is 4.63. The minimum absolute atomic E-state index is 1.05. The van der Waals surface area contributed by atoms with Gasteiger partial charge in [0.2, 0.25) is 0 Å². The van der Waals surface area contributed by atoms with Crippen LogP contribution in [0.15, 0.2) is 18.2 Å². The van der Waals surface area contributed by atoms with Gasteiger partial charge in [-0.2, -0.15) is 0 Å². The Hall–Kier alpha value is -1.04. The first-order valence-electron chi connectivity index (χ1n) is 6.26. The Labute approximate surface area is 100 Å². The normalized spacial score (nSPS) is 10.4. The first-order chi connectivity index (χ1) is 7.66. The average Bonchev–Trinajstić information content (AvgIpc) is 2.28. The van der Waals surface area contributed by atoms with E-state index in [1.54, 1.807) is 6.08 Å². The zero-order valence-electron chi connectivity index (χ0n) is 10.8. The summed E-state index contributed by atoms with van der Waals surface area (Å²) in [7, 11) is 0. The summed E-state index contributed by atoms with van der Waals surface area (Å²) in [6.45, 7) is 12.0. The summed E-state index contributed by atoms with van der Waals surface area (Å²) in [6, 6.07) is 4.53. The molecule has 0 saturated heterocycles. The standard InChI is InChI=1S/C16H23/c1-5-6-7-8-9-10-16-12-11-13(2)14(3)15(16)4/h1,5,11-12H,6-10H2,2-4H3. The van der Waals surface area contributed by atoms with Gasteiger partial charge in [0.15, 0.2) is 0 Å². The fraction of sp³-hybridized carbons (Fsp3) is 0.500.